The van der Waals surface area contributed by atoms with Crippen molar-refractivity contribution in [3.8, 4) is 11.4 Å². The Balaban J connectivity index is 1.75. The second-order valence-electron chi connectivity index (χ2n) is 6.12. The lowest BCUT2D eigenvalue weighted by Gasteiger charge is -2.14. The lowest BCUT2D eigenvalue weighted by Crippen LogP contribution is -2.27. The lowest BCUT2D eigenvalue weighted by atomic mass is 10.2. The molecule has 1 aromatic heterocycles. The number of anilines is 2. The molecule has 0 aliphatic heterocycles. The first kappa shape index (κ1) is 19.5. The van der Waals surface area contributed by atoms with Gasteiger partial charge >= 0.3 is 0 Å². The van der Waals surface area contributed by atoms with Gasteiger partial charge in [-0.2, -0.15) is 4.80 Å². The summed E-state index contributed by atoms with van der Waals surface area (Å²) in [5.74, 6) is -0.0467. The maximum atomic E-state index is 12.7. The number of halogens is 1. The average Bonchev–Trinajstić information content (AvgIpc) is 3.12. The first-order valence-electron chi connectivity index (χ1n) is 8.70. The number of hydrogen-bond acceptors (Lipinski definition) is 5. The van der Waals surface area contributed by atoms with Crippen molar-refractivity contribution in [2.75, 3.05) is 10.6 Å². The molecule has 2 aromatic carbocycles. The number of nitrogens with one attached hydrogen (secondary N) is 2. The quantitative estimate of drug-likeness (QED) is 0.661. The minimum absolute atomic E-state index is 0.184. The Kier molecular flexibility index (Phi) is 6.00. The van der Waals surface area contributed by atoms with E-state index in [4.69, 9.17) is 11.6 Å². The molecule has 0 aliphatic carbocycles. The molecule has 0 spiro atoms. The summed E-state index contributed by atoms with van der Waals surface area (Å²) in [6.45, 7) is 3.29. The Morgan fingerprint density at radius 1 is 1.11 bits per heavy atom. The number of benzene rings is 2. The highest BCUT2D eigenvalue weighted by Crippen LogP contribution is 2.20. The van der Waals surface area contributed by atoms with E-state index in [1.807, 2.05) is 6.92 Å². The molecular formula is C19H19ClN6O2. The summed E-state index contributed by atoms with van der Waals surface area (Å²) in [5, 5.41) is 18.5. The van der Waals surface area contributed by atoms with Gasteiger partial charge in [0.05, 0.1) is 0 Å². The molecule has 2 N–H and O–H groups in total. The Morgan fingerprint density at radius 3 is 2.43 bits per heavy atom. The van der Waals surface area contributed by atoms with Crippen molar-refractivity contribution >= 4 is 34.8 Å². The predicted molar refractivity (Wildman–Crippen MR) is 107 cm³/mol. The molecule has 0 radical (unpaired) electrons. The van der Waals surface area contributed by atoms with Gasteiger partial charge in [0.25, 0.3) is 5.91 Å². The van der Waals surface area contributed by atoms with Gasteiger partial charge in [-0.3, -0.25) is 9.59 Å². The van der Waals surface area contributed by atoms with Gasteiger partial charge in [0.2, 0.25) is 11.7 Å². The van der Waals surface area contributed by atoms with E-state index in [1.165, 1.54) is 11.7 Å². The van der Waals surface area contributed by atoms with Crippen LogP contribution in [0.4, 0.5) is 11.4 Å². The van der Waals surface area contributed by atoms with Crippen LogP contribution in [0.3, 0.4) is 0 Å². The van der Waals surface area contributed by atoms with E-state index in [-0.39, 0.29) is 11.8 Å². The molecular weight excluding hydrogens is 380 g/mol. The summed E-state index contributed by atoms with van der Waals surface area (Å²) < 4.78 is 0. The first-order chi connectivity index (χ1) is 13.5. The zero-order valence-electron chi connectivity index (χ0n) is 15.4. The monoisotopic (exact) mass is 398 g/mol. The Labute approximate surface area is 166 Å². The summed E-state index contributed by atoms with van der Waals surface area (Å²) >= 11 is 5.90. The summed E-state index contributed by atoms with van der Waals surface area (Å²) in [4.78, 5) is 25.2. The van der Waals surface area contributed by atoms with Gasteiger partial charge in [-0.1, -0.05) is 24.6 Å². The van der Waals surface area contributed by atoms with E-state index >= 15 is 0 Å². The summed E-state index contributed by atoms with van der Waals surface area (Å²) in [6.07, 6.45) is 0.480. The zero-order valence-corrected chi connectivity index (χ0v) is 16.1. The van der Waals surface area contributed by atoms with Crippen molar-refractivity contribution in [3.63, 3.8) is 0 Å². The van der Waals surface area contributed by atoms with Crippen LogP contribution >= 0.6 is 11.6 Å². The van der Waals surface area contributed by atoms with Crippen molar-refractivity contribution < 1.29 is 9.59 Å². The van der Waals surface area contributed by atoms with Gasteiger partial charge in [-0.25, -0.2) is 0 Å². The number of hydrogen-bond donors (Lipinski definition) is 2. The molecule has 0 aliphatic rings. The van der Waals surface area contributed by atoms with Gasteiger partial charge < -0.3 is 10.6 Å². The molecule has 1 atom stereocenters. The second kappa shape index (κ2) is 8.62. The SMILES string of the molecule is CCC(C(=O)Nc1cccc(NC(C)=O)c1)n1nnc(-c2ccc(Cl)cc2)n1. The molecule has 1 unspecified atom stereocenters. The fourth-order valence-corrected chi connectivity index (χ4v) is 2.75. The molecule has 0 fully saturated rings. The van der Waals surface area contributed by atoms with Crippen molar-refractivity contribution in [2.45, 2.75) is 26.3 Å². The molecule has 0 saturated carbocycles. The second-order valence-corrected chi connectivity index (χ2v) is 6.55. The molecule has 3 aromatic rings. The molecule has 2 amide bonds. The van der Waals surface area contributed by atoms with Crippen molar-refractivity contribution in [1.29, 1.82) is 0 Å². The van der Waals surface area contributed by atoms with Crippen LogP contribution in [0.1, 0.15) is 26.3 Å². The van der Waals surface area contributed by atoms with Crippen LogP contribution in [-0.4, -0.2) is 32.0 Å². The zero-order chi connectivity index (χ0) is 20.1. The predicted octanol–water partition coefficient (Wildman–Crippen LogP) is 3.54. The number of tetrazole rings is 1. The van der Waals surface area contributed by atoms with Gasteiger partial charge in [0.15, 0.2) is 6.04 Å². The number of carbonyl (C=O) groups excluding carboxylic acids is 2. The van der Waals surface area contributed by atoms with E-state index in [1.54, 1.807) is 48.5 Å². The molecule has 8 nitrogen and oxygen atoms in total. The summed E-state index contributed by atoms with van der Waals surface area (Å²) in [6, 6.07) is 13.3. The minimum Gasteiger partial charge on any atom is -0.326 e. The van der Waals surface area contributed by atoms with Crippen LogP contribution in [-0.2, 0) is 9.59 Å². The third-order valence-corrected chi connectivity index (χ3v) is 4.20. The van der Waals surface area contributed by atoms with Crippen LogP contribution < -0.4 is 10.6 Å². The van der Waals surface area contributed by atoms with E-state index < -0.39 is 6.04 Å². The molecule has 0 bridgehead atoms. The van der Waals surface area contributed by atoms with Gasteiger partial charge in [-0.05, 0) is 54.1 Å². The Bertz CT molecular complexity index is 986. The normalized spacial score (nSPS) is 11.7. The van der Waals surface area contributed by atoms with E-state index in [0.717, 1.165) is 5.56 Å². The Morgan fingerprint density at radius 2 is 1.79 bits per heavy atom. The van der Waals surface area contributed by atoms with Crippen LogP contribution in [0.2, 0.25) is 5.02 Å². The number of aromatic nitrogens is 4. The molecule has 28 heavy (non-hydrogen) atoms. The topological polar surface area (TPSA) is 102 Å². The summed E-state index contributed by atoms with van der Waals surface area (Å²) in [5.41, 5.74) is 1.92. The molecule has 0 saturated heterocycles. The Hall–Kier alpha value is -3.26. The largest absolute Gasteiger partial charge is 0.326 e. The fraction of sp³-hybridized carbons (Fsp3) is 0.211. The molecule has 144 valence electrons. The average molecular weight is 399 g/mol. The standard InChI is InChI=1S/C19H19ClN6O2/c1-3-17(19(28)22-16-6-4-5-15(11-16)21-12(2)27)26-24-18(23-25-26)13-7-9-14(20)10-8-13/h4-11,17H,3H2,1-2H3,(H,21,27)(H,22,28). The first-order valence-corrected chi connectivity index (χ1v) is 9.08. The van der Waals surface area contributed by atoms with Gasteiger partial charge in [0.1, 0.15) is 0 Å². The van der Waals surface area contributed by atoms with E-state index in [2.05, 4.69) is 26.0 Å². The molecule has 1 heterocycles. The highest BCUT2D eigenvalue weighted by Gasteiger charge is 2.22. The maximum Gasteiger partial charge on any atom is 0.251 e. The van der Waals surface area contributed by atoms with Gasteiger partial charge in [0, 0.05) is 28.9 Å². The third-order valence-electron chi connectivity index (χ3n) is 3.95. The van der Waals surface area contributed by atoms with Crippen LogP contribution in [0.5, 0.6) is 0 Å². The van der Waals surface area contributed by atoms with Gasteiger partial charge in [-0.15, -0.1) is 10.2 Å². The number of amides is 2. The van der Waals surface area contributed by atoms with E-state index in [9.17, 15) is 9.59 Å². The van der Waals surface area contributed by atoms with Crippen molar-refractivity contribution in [3.05, 3.63) is 53.6 Å². The lowest BCUT2D eigenvalue weighted by molar-refractivity contribution is -0.120. The van der Waals surface area contributed by atoms with Crippen molar-refractivity contribution in [1.82, 2.24) is 20.2 Å². The fourth-order valence-electron chi connectivity index (χ4n) is 2.63. The highest BCUT2D eigenvalue weighted by molar-refractivity contribution is 6.30. The molecule has 9 heteroatoms. The van der Waals surface area contributed by atoms with Crippen LogP contribution in [0.15, 0.2) is 48.5 Å². The van der Waals surface area contributed by atoms with Crippen molar-refractivity contribution in [2.24, 2.45) is 0 Å². The van der Waals surface area contributed by atoms with E-state index in [0.29, 0.717) is 28.6 Å². The summed E-state index contributed by atoms with van der Waals surface area (Å²) in [7, 11) is 0. The van der Waals surface area contributed by atoms with Crippen LogP contribution in [0.25, 0.3) is 11.4 Å². The highest BCUT2D eigenvalue weighted by atomic mass is 35.5. The number of carbonyl (C=O) groups is 2. The third kappa shape index (κ3) is 4.72. The number of rotatable bonds is 6. The maximum absolute atomic E-state index is 12.7. The molecule has 3 rings (SSSR count). The minimum atomic E-state index is -0.627. The number of nitrogens with zero attached hydrogens (tertiary/aromatic N) is 4. The van der Waals surface area contributed by atoms with Crippen LogP contribution in [0, 0.1) is 0 Å². The smallest absolute Gasteiger partial charge is 0.251 e.